The number of likely N-dealkylation sites (tertiary alicyclic amines) is 2. The first-order valence-corrected chi connectivity index (χ1v) is 15.1. The highest BCUT2D eigenvalue weighted by Crippen LogP contribution is 2.39. The Balaban J connectivity index is 1.21. The maximum atomic E-state index is 9.53. The summed E-state index contributed by atoms with van der Waals surface area (Å²) in [4.78, 5) is 5.32. The van der Waals surface area contributed by atoms with Crippen molar-refractivity contribution in [1.29, 1.82) is 0 Å². The first kappa shape index (κ1) is 27.6. The number of rotatable bonds is 9. The second kappa shape index (κ2) is 12.9. The molecule has 3 aliphatic rings. The third-order valence-electron chi connectivity index (χ3n) is 8.95. The van der Waals surface area contributed by atoms with Gasteiger partial charge < -0.3 is 25.2 Å². The molecule has 3 N–H and O–H groups in total. The van der Waals surface area contributed by atoms with Crippen molar-refractivity contribution in [3.63, 3.8) is 0 Å². The summed E-state index contributed by atoms with van der Waals surface area (Å²) in [6, 6.07) is 25.7. The number of nitrogens with two attached hydrogens (primary N) is 1. The van der Waals surface area contributed by atoms with Crippen molar-refractivity contribution in [2.75, 3.05) is 32.7 Å². The van der Waals surface area contributed by atoms with Gasteiger partial charge in [-0.05, 0) is 73.1 Å². The summed E-state index contributed by atoms with van der Waals surface area (Å²) < 4.78 is 13.3. The molecule has 0 saturated carbocycles. The van der Waals surface area contributed by atoms with E-state index in [2.05, 4.69) is 64.4 Å². The first-order chi connectivity index (χ1) is 19.7. The number of nitrogens with zero attached hydrogens (tertiary/aromatic N) is 2. The van der Waals surface area contributed by atoms with Gasteiger partial charge in [-0.25, -0.2) is 0 Å². The molecule has 0 aromatic heterocycles. The van der Waals surface area contributed by atoms with Gasteiger partial charge in [-0.2, -0.15) is 0 Å². The smallest absolute Gasteiger partial charge is 0.184 e. The minimum atomic E-state index is -0.431. The van der Waals surface area contributed by atoms with Crippen molar-refractivity contribution in [3.05, 3.63) is 95.1 Å². The summed E-state index contributed by atoms with van der Waals surface area (Å²) in [7, 11) is 0. The van der Waals surface area contributed by atoms with Gasteiger partial charge in [-0.1, -0.05) is 72.8 Å². The molecule has 212 valence electrons. The van der Waals surface area contributed by atoms with Crippen LogP contribution >= 0.6 is 0 Å². The van der Waals surface area contributed by atoms with E-state index in [1.165, 1.54) is 50.9 Å². The van der Waals surface area contributed by atoms with Crippen molar-refractivity contribution in [2.24, 2.45) is 5.73 Å². The van der Waals surface area contributed by atoms with E-state index in [9.17, 15) is 5.11 Å². The second-order valence-corrected chi connectivity index (χ2v) is 11.6. The molecule has 3 saturated heterocycles. The van der Waals surface area contributed by atoms with Crippen molar-refractivity contribution < 1.29 is 14.6 Å². The molecule has 0 amide bonds. The Kier molecular flexibility index (Phi) is 8.92. The zero-order chi connectivity index (χ0) is 27.3. The lowest BCUT2D eigenvalue weighted by atomic mass is 9.97. The lowest BCUT2D eigenvalue weighted by Gasteiger charge is -2.39. The third kappa shape index (κ3) is 6.33. The van der Waals surface area contributed by atoms with Crippen LogP contribution in [0.25, 0.3) is 11.1 Å². The molecule has 0 unspecified atom stereocenters. The molecule has 4 atom stereocenters. The van der Waals surface area contributed by atoms with Gasteiger partial charge in [0.25, 0.3) is 0 Å². The van der Waals surface area contributed by atoms with Crippen molar-refractivity contribution in [3.8, 4) is 11.1 Å². The molecule has 0 spiro atoms. The fourth-order valence-corrected chi connectivity index (χ4v) is 6.70. The SMILES string of the molecule is NCc1ccccc1-c1ccc([C@H]2O[C@@H](CN3CCC[C@H]3CN3CCCC3)C[C@@H](c3ccc(CO)cc3)O2)cc1. The fourth-order valence-electron chi connectivity index (χ4n) is 6.70. The number of ether oxygens (including phenoxy) is 2. The van der Waals surface area contributed by atoms with Gasteiger partial charge in [-0.3, -0.25) is 4.90 Å². The Labute approximate surface area is 238 Å². The molecule has 40 heavy (non-hydrogen) atoms. The van der Waals surface area contributed by atoms with Crippen LogP contribution < -0.4 is 5.73 Å². The summed E-state index contributed by atoms with van der Waals surface area (Å²) in [5.74, 6) is 0. The third-order valence-corrected chi connectivity index (χ3v) is 8.95. The van der Waals surface area contributed by atoms with Crippen molar-refractivity contribution in [1.82, 2.24) is 9.80 Å². The number of aliphatic hydroxyl groups is 1. The van der Waals surface area contributed by atoms with Gasteiger partial charge in [0.1, 0.15) is 0 Å². The summed E-state index contributed by atoms with van der Waals surface area (Å²) in [6.07, 6.45) is 5.63. The molecule has 0 radical (unpaired) electrons. The summed E-state index contributed by atoms with van der Waals surface area (Å²) in [5.41, 5.74) is 12.5. The lowest BCUT2D eigenvalue weighted by molar-refractivity contribution is -0.253. The van der Waals surface area contributed by atoms with E-state index in [1.807, 2.05) is 18.2 Å². The molecule has 6 nitrogen and oxygen atoms in total. The molecule has 3 heterocycles. The molecular formula is C34H43N3O3. The molecule has 6 heteroatoms. The average Bonchev–Trinajstić information content (AvgIpc) is 3.69. The molecule has 3 aromatic rings. The highest BCUT2D eigenvalue weighted by molar-refractivity contribution is 5.67. The van der Waals surface area contributed by atoms with Crippen LogP contribution in [-0.4, -0.2) is 59.8 Å². The van der Waals surface area contributed by atoms with E-state index in [-0.39, 0.29) is 18.8 Å². The highest BCUT2D eigenvalue weighted by Gasteiger charge is 2.36. The summed E-state index contributed by atoms with van der Waals surface area (Å²) in [5, 5.41) is 9.53. The van der Waals surface area contributed by atoms with Crippen LogP contribution in [-0.2, 0) is 22.6 Å². The van der Waals surface area contributed by atoms with Gasteiger partial charge in [0.05, 0.1) is 18.8 Å². The van der Waals surface area contributed by atoms with E-state index in [0.717, 1.165) is 47.3 Å². The van der Waals surface area contributed by atoms with Crippen LogP contribution in [0.15, 0.2) is 72.8 Å². The van der Waals surface area contributed by atoms with Crippen LogP contribution in [0.5, 0.6) is 0 Å². The maximum Gasteiger partial charge on any atom is 0.184 e. The van der Waals surface area contributed by atoms with Crippen LogP contribution in [0, 0.1) is 0 Å². The van der Waals surface area contributed by atoms with Crippen molar-refractivity contribution >= 4 is 0 Å². The largest absolute Gasteiger partial charge is 0.392 e. The zero-order valence-electron chi connectivity index (χ0n) is 23.5. The van der Waals surface area contributed by atoms with Crippen LogP contribution in [0.1, 0.15) is 66.8 Å². The van der Waals surface area contributed by atoms with E-state index in [0.29, 0.717) is 12.6 Å². The van der Waals surface area contributed by atoms with Crippen LogP contribution in [0.3, 0.4) is 0 Å². The number of hydrogen-bond acceptors (Lipinski definition) is 6. The minimum absolute atomic E-state index is 0.0488. The van der Waals surface area contributed by atoms with E-state index < -0.39 is 6.29 Å². The number of aliphatic hydroxyl groups excluding tert-OH is 1. The average molecular weight is 542 g/mol. The monoisotopic (exact) mass is 541 g/mol. The topological polar surface area (TPSA) is 71.2 Å². The molecule has 0 bridgehead atoms. The van der Waals surface area contributed by atoms with Gasteiger partial charge in [0, 0.05) is 37.7 Å². The standard InChI is InChI=1S/C34H43N3O3/c35-21-29-6-1-2-8-32(29)26-13-15-28(16-14-26)34-39-31(20-33(40-34)27-11-9-25(24-38)10-12-27)23-37-19-5-7-30(37)22-36-17-3-4-18-36/h1-2,6,8-16,30-31,33-34,38H,3-5,7,17-24,35H2/t30-,31+,33-,34-/m0/s1. The Hall–Kier alpha value is -2.58. The Morgan fingerprint density at radius 2 is 1.55 bits per heavy atom. The molecule has 3 aliphatic heterocycles. The van der Waals surface area contributed by atoms with Crippen molar-refractivity contribution in [2.45, 2.75) is 69.8 Å². The van der Waals surface area contributed by atoms with E-state index >= 15 is 0 Å². The Morgan fingerprint density at radius 1 is 0.800 bits per heavy atom. The minimum Gasteiger partial charge on any atom is -0.392 e. The van der Waals surface area contributed by atoms with E-state index in [1.54, 1.807) is 0 Å². The molecular weight excluding hydrogens is 498 g/mol. The Morgan fingerprint density at radius 3 is 2.30 bits per heavy atom. The van der Waals surface area contributed by atoms with E-state index in [4.69, 9.17) is 15.2 Å². The molecule has 3 aromatic carbocycles. The Bertz CT molecular complexity index is 1230. The number of hydrogen-bond donors (Lipinski definition) is 2. The summed E-state index contributed by atoms with van der Waals surface area (Å²) >= 11 is 0. The molecule has 0 aliphatic carbocycles. The first-order valence-electron chi connectivity index (χ1n) is 15.1. The molecule has 6 rings (SSSR count). The highest BCUT2D eigenvalue weighted by atomic mass is 16.7. The van der Waals surface area contributed by atoms with Crippen LogP contribution in [0.4, 0.5) is 0 Å². The van der Waals surface area contributed by atoms with Gasteiger partial charge in [-0.15, -0.1) is 0 Å². The molecule has 3 fully saturated rings. The number of benzene rings is 3. The van der Waals surface area contributed by atoms with Gasteiger partial charge in [0.2, 0.25) is 0 Å². The fraction of sp³-hybridized carbons (Fsp3) is 0.471. The second-order valence-electron chi connectivity index (χ2n) is 11.6. The normalized spacial score (nSPS) is 25.9. The maximum absolute atomic E-state index is 9.53. The van der Waals surface area contributed by atoms with Gasteiger partial charge in [0.15, 0.2) is 6.29 Å². The predicted octanol–water partition coefficient (Wildman–Crippen LogP) is 5.41. The van der Waals surface area contributed by atoms with Gasteiger partial charge >= 0.3 is 0 Å². The zero-order valence-corrected chi connectivity index (χ0v) is 23.5. The lowest BCUT2D eigenvalue weighted by Crippen LogP contribution is -2.45. The predicted molar refractivity (Wildman–Crippen MR) is 158 cm³/mol. The quantitative estimate of drug-likeness (QED) is 0.378. The summed E-state index contributed by atoms with van der Waals surface area (Å²) in [6.45, 7) is 6.33. The van der Waals surface area contributed by atoms with Crippen LogP contribution in [0.2, 0.25) is 0 Å².